The summed E-state index contributed by atoms with van der Waals surface area (Å²) >= 11 is 0. The molecule has 0 unspecified atom stereocenters. The summed E-state index contributed by atoms with van der Waals surface area (Å²) in [6.07, 6.45) is 1.41. The van der Waals surface area contributed by atoms with Crippen LogP contribution in [0.3, 0.4) is 0 Å². The summed E-state index contributed by atoms with van der Waals surface area (Å²) < 4.78 is 30.2. The maximum atomic E-state index is 13.0. The molecule has 8 nitrogen and oxygen atoms in total. The third kappa shape index (κ3) is 3.94. The number of rotatable bonds is 6. The summed E-state index contributed by atoms with van der Waals surface area (Å²) in [5, 5.41) is 11.0. The minimum Gasteiger partial charge on any atom is -0.343 e. The number of para-hydroxylation sites is 3. The van der Waals surface area contributed by atoms with Crippen molar-refractivity contribution in [3.63, 3.8) is 0 Å². The van der Waals surface area contributed by atoms with Gasteiger partial charge in [0.25, 0.3) is 10.0 Å². The fraction of sp³-hybridized carbons (Fsp3) is 0.0500. The lowest BCUT2D eigenvalue weighted by molar-refractivity contribution is 0.601. The Labute approximate surface area is 168 Å². The number of tetrazole rings is 1. The van der Waals surface area contributed by atoms with Crippen molar-refractivity contribution in [2.24, 2.45) is 0 Å². The Hall–Kier alpha value is -3.72. The molecule has 0 aliphatic heterocycles. The van der Waals surface area contributed by atoms with E-state index in [1.807, 2.05) is 54.4 Å². The van der Waals surface area contributed by atoms with Gasteiger partial charge in [0.15, 0.2) is 0 Å². The molecule has 4 aromatic rings. The largest absolute Gasteiger partial charge is 0.343 e. The van der Waals surface area contributed by atoms with E-state index in [1.54, 1.807) is 24.3 Å². The van der Waals surface area contributed by atoms with E-state index in [1.165, 1.54) is 23.1 Å². The quantitative estimate of drug-likeness (QED) is 0.528. The fourth-order valence-corrected chi connectivity index (χ4v) is 4.03. The molecule has 1 aromatic heterocycles. The number of sulfonamides is 1. The minimum absolute atomic E-state index is 0.114. The van der Waals surface area contributed by atoms with Gasteiger partial charge in [-0.3, -0.25) is 4.72 Å². The van der Waals surface area contributed by atoms with Crippen LogP contribution in [0.15, 0.2) is 90.1 Å². The number of anilines is 3. The number of benzene rings is 3. The zero-order valence-electron chi connectivity index (χ0n) is 15.5. The maximum Gasteiger partial charge on any atom is 0.262 e. The van der Waals surface area contributed by atoms with E-state index in [0.717, 1.165) is 11.4 Å². The van der Waals surface area contributed by atoms with E-state index < -0.39 is 10.0 Å². The monoisotopic (exact) mass is 406 g/mol. The van der Waals surface area contributed by atoms with Gasteiger partial charge in [0, 0.05) is 12.7 Å². The third-order valence-electron chi connectivity index (χ3n) is 4.39. The van der Waals surface area contributed by atoms with Gasteiger partial charge in [0.1, 0.15) is 6.33 Å². The average Bonchev–Trinajstić information content (AvgIpc) is 3.29. The van der Waals surface area contributed by atoms with Gasteiger partial charge >= 0.3 is 0 Å². The molecule has 0 amide bonds. The molecule has 0 aliphatic carbocycles. The van der Waals surface area contributed by atoms with E-state index in [2.05, 4.69) is 20.2 Å². The van der Waals surface area contributed by atoms with E-state index in [0.29, 0.717) is 11.4 Å². The molecule has 0 spiro atoms. The maximum absolute atomic E-state index is 13.0. The molecule has 0 radical (unpaired) electrons. The Morgan fingerprint density at radius 1 is 0.931 bits per heavy atom. The minimum atomic E-state index is -3.82. The Balaban J connectivity index is 1.67. The lowest BCUT2D eigenvalue weighted by Gasteiger charge is -2.23. The lowest BCUT2D eigenvalue weighted by Crippen LogP contribution is -2.17. The molecule has 0 saturated heterocycles. The summed E-state index contributed by atoms with van der Waals surface area (Å²) in [4.78, 5) is 2.04. The summed E-state index contributed by atoms with van der Waals surface area (Å²) in [5.74, 6) is 0. The Morgan fingerprint density at radius 2 is 1.69 bits per heavy atom. The molecule has 1 heterocycles. The van der Waals surface area contributed by atoms with Crippen molar-refractivity contribution < 1.29 is 8.42 Å². The van der Waals surface area contributed by atoms with E-state index in [9.17, 15) is 8.42 Å². The number of hydrogen-bond donors (Lipinski definition) is 1. The number of hydrogen-bond acceptors (Lipinski definition) is 6. The average molecular weight is 406 g/mol. The second kappa shape index (κ2) is 7.72. The molecule has 3 aromatic carbocycles. The van der Waals surface area contributed by atoms with Gasteiger partial charge in [-0.2, -0.15) is 0 Å². The van der Waals surface area contributed by atoms with Crippen molar-refractivity contribution in [3.05, 3.63) is 85.2 Å². The Kier molecular flexibility index (Phi) is 4.96. The van der Waals surface area contributed by atoms with Crippen LogP contribution in [0, 0.1) is 0 Å². The highest BCUT2D eigenvalue weighted by molar-refractivity contribution is 7.92. The molecule has 146 valence electrons. The molecule has 0 atom stereocenters. The van der Waals surface area contributed by atoms with Gasteiger partial charge in [-0.15, -0.1) is 5.10 Å². The molecule has 9 heteroatoms. The highest BCUT2D eigenvalue weighted by Gasteiger charge is 2.18. The van der Waals surface area contributed by atoms with Gasteiger partial charge in [-0.05, 0) is 52.9 Å². The van der Waals surface area contributed by atoms with Crippen LogP contribution in [0.5, 0.6) is 0 Å². The van der Waals surface area contributed by atoms with Crippen LogP contribution in [-0.4, -0.2) is 35.7 Å². The van der Waals surface area contributed by atoms with Crippen LogP contribution in [-0.2, 0) is 10.0 Å². The molecule has 0 aliphatic rings. The third-order valence-corrected chi connectivity index (χ3v) is 5.76. The lowest BCUT2D eigenvalue weighted by atomic mass is 10.2. The molecular formula is C20H18N6O2S. The Bertz CT molecular complexity index is 1210. The van der Waals surface area contributed by atoms with Crippen LogP contribution < -0.4 is 9.62 Å². The summed E-state index contributed by atoms with van der Waals surface area (Å²) in [7, 11) is -1.93. The predicted molar refractivity (Wildman–Crippen MR) is 111 cm³/mol. The highest BCUT2D eigenvalue weighted by Crippen LogP contribution is 2.32. The molecular weight excluding hydrogens is 388 g/mol. The summed E-state index contributed by atoms with van der Waals surface area (Å²) in [5.41, 5.74) is 2.71. The molecule has 0 saturated carbocycles. The van der Waals surface area contributed by atoms with E-state index >= 15 is 0 Å². The number of nitrogens with one attached hydrogen (secondary N) is 1. The second-order valence-electron chi connectivity index (χ2n) is 6.27. The first-order valence-corrected chi connectivity index (χ1v) is 10.3. The highest BCUT2D eigenvalue weighted by atomic mass is 32.2. The van der Waals surface area contributed by atoms with Crippen molar-refractivity contribution in [3.8, 4) is 5.69 Å². The van der Waals surface area contributed by atoms with Crippen LogP contribution in [0.2, 0.25) is 0 Å². The fourth-order valence-electron chi connectivity index (χ4n) is 2.92. The second-order valence-corrected chi connectivity index (χ2v) is 7.95. The van der Waals surface area contributed by atoms with Crippen molar-refractivity contribution in [2.45, 2.75) is 4.90 Å². The zero-order valence-corrected chi connectivity index (χ0v) is 16.4. The molecule has 4 rings (SSSR count). The molecule has 29 heavy (non-hydrogen) atoms. The van der Waals surface area contributed by atoms with Gasteiger partial charge in [-0.1, -0.05) is 36.4 Å². The van der Waals surface area contributed by atoms with Gasteiger partial charge in [0.05, 0.1) is 22.0 Å². The van der Waals surface area contributed by atoms with Gasteiger partial charge in [0.2, 0.25) is 0 Å². The normalized spacial score (nSPS) is 11.2. The SMILES string of the molecule is CN(c1ccccc1)c1ccccc1NS(=O)(=O)c1cccc(-n2cnnn2)c1. The summed E-state index contributed by atoms with van der Waals surface area (Å²) in [6, 6.07) is 23.4. The topological polar surface area (TPSA) is 93.0 Å². The zero-order chi connectivity index (χ0) is 20.3. The first kappa shape index (κ1) is 18.6. The van der Waals surface area contributed by atoms with E-state index in [-0.39, 0.29) is 4.90 Å². The standard InChI is InChI=1S/C20H18N6O2S/c1-25(16-8-3-2-4-9-16)20-13-6-5-12-19(20)22-29(27,28)18-11-7-10-17(14-18)26-15-21-23-24-26/h2-15,22H,1H3. The van der Waals surface area contributed by atoms with Crippen LogP contribution >= 0.6 is 0 Å². The smallest absolute Gasteiger partial charge is 0.262 e. The van der Waals surface area contributed by atoms with Crippen LogP contribution in [0.4, 0.5) is 17.1 Å². The predicted octanol–water partition coefficient (Wildman–Crippen LogP) is 3.23. The molecule has 0 bridgehead atoms. The first-order chi connectivity index (χ1) is 14.0. The van der Waals surface area contributed by atoms with Gasteiger partial charge < -0.3 is 4.90 Å². The molecule has 0 fully saturated rings. The van der Waals surface area contributed by atoms with Crippen molar-refractivity contribution >= 4 is 27.1 Å². The molecule has 1 N–H and O–H groups in total. The van der Waals surface area contributed by atoms with Crippen molar-refractivity contribution in [1.29, 1.82) is 0 Å². The van der Waals surface area contributed by atoms with Crippen LogP contribution in [0.25, 0.3) is 5.69 Å². The van der Waals surface area contributed by atoms with E-state index in [4.69, 9.17) is 0 Å². The van der Waals surface area contributed by atoms with Gasteiger partial charge in [-0.25, -0.2) is 13.1 Å². The van der Waals surface area contributed by atoms with Crippen LogP contribution in [0.1, 0.15) is 0 Å². The summed E-state index contributed by atoms with van der Waals surface area (Å²) in [6.45, 7) is 0. The Morgan fingerprint density at radius 3 is 2.45 bits per heavy atom. The van der Waals surface area contributed by atoms with Crippen molar-refractivity contribution in [1.82, 2.24) is 20.2 Å². The number of aromatic nitrogens is 4. The first-order valence-electron chi connectivity index (χ1n) is 8.79. The number of nitrogens with zero attached hydrogens (tertiary/aromatic N) is 5. The van der Waals surface area contributed by atoms with Crippen molar-refractivity contribution in [2.75, 3.05) is 16.7 Å².